The molecule has 0 aliphatic carbocycles. The first kappa shape index (κ1) is 30.6. The molecule has 1 saturated heterocycles. The fourth-order valence-electron chi connectivity index (χ4n) is 4.17. The molecule has 0 bridgehead atoms. The Hall–Kier alpha value is -4.36. The van der Waals surface area contributed by atoms with E-state index in [9.17, 15) is 19.7 Å². The molecule has 3 aromatic rings. The summed E-state index contributed by atoms with van der Waals surface area (Å²) < 4.78 is 8.00. The highest BCUT2D eigenvalue weighted by atomic mass is 35.5. The van der Waals surface area contributed by atoms with Crippen LogP contribution in [0.1, 0.15) is 47.1 Å². The zero-order chi connectivity index (χ0) is 30.4. The third-order valence-electron chi connectivity index (χ3n) is 6.13. The van der Waals surface area contributed by atoms with Gasteiger partial charge in [0.1, 0.15) is 16.0 Å². The number of pyridine rings is 1. The maximum Gasteiger partial charge on any atom is 0.285 e. The van der Waals surface area contributed by atoms with Crippen LogP contribution in [0.5, 0.6) is 5.75 Å². The first-order chi connectivity index (χ1) is 20.0. The Morgan fingerprint density at radius 3 is 2.29 bits per heavy atom. The number of halogens is 1. The van der Waals surface area contributed by atoms with E-state index in [0.717, 1.165) is 17.7 Å². The van der Waals surface area contributed by atoms with Gasteiger partial charge in [0.25, 0.3) is 17.8 Å². The topological polar surface area (TPSA) is 125 Å². The normalized spacial score (nSPS) is 14.2. The lowest BCUT2D eigenvalue weighted by Crippen LogP contribution is -2.56. The van der Waals surface area contributed by atoms with Crippen LogP contribution in [-0.4, -0.2) is 72.2 Å². The van der Waals surface area contributed by atoms with Crippen LogP contribution in [0.15, 0.2) is 78.0 Å². The summed E-state index contributed by atoms with van der Waals surface area (Å²) in [5, 5.41) is 16.1. The van der Waals surface area contributed by atoms with Gasteiger partial charge in [0.2, 0.25) is 0 Å². The second kappa shape index (κ2) is 13.1. The van der Waals surface area contributed by atoms with Crippen molar-refractivity contribution >= 4 is 41.5 Å². The summed E-state index contributed by atoms with van der Waals surface area (Å²) >= 11 is 6.78. The average molecular weight is 612 g/mol. The monoisotopic (exact) mass is 611 g/mol. The Morgan fingerprint density at radius 1 is 1.05 bits per heavy atom. The van der Waals surface area contributed by atoms with Crippen LogP contribution >= 0.6 is 23.7 Å². The highest BCUT2D eigenvalue weighted by Crippen LogP contribution is 2.32. The number of hydrazone groups is 1. The van der Waals surface area contributed by atoms with Gasteiger partial charge < -0.3 is 9.64 Å². The van der Waals surface area contributed by atoms with Crippen LogP contribution < -0.4 is 4.74 Å². The fourth-order valence-corrected chi connectivity index (χ4v) is 5.43. The summed E-state index contributed by atoms with van der Waals surface area (Å²) in [5.41, 5.74) is 0.543. The standard InChI is InChI=1S/C28H30ClN7O5S/c1-28(2,3)34(25(37)22-11-13-23(41-4)14-12-22)35(26(38)21-8-6-5-7-9-21)42-33-17-16-32(27(33)31-36(39)40)19-20-10-15-24(29)30-18-20/h5-15,18H,16-17,19H2,1-4H3/b31-27-. The Bertz CT molecular complexity index is 1450. The Balaban J connectivity index is 1.73. The van der Waals surface area contributed by atoms with E-state index in [0.29, 0.717) is 28.6 Å². The number of carbonyl (C=O) groups excluding carboxylic acids is 2. The Morgan fingerprint density at radius 2 is 1.71 bits per heavy atom. The summed E-state index contributed by atoms with van der Waals surface area (Å²) in [7, 11) is 1.53. The number of methoxy groups -OCH3 is 1. The molecule has 1 aliphatic heterocycles. The van der Waals surface area contributed by atoms with E-state index < -0.39 is 22.4 Å². The minimum Gasteiger partial charge on any atom is -0.497 e. The molecule has 42 heavy (non-hydrogen) atoms. The average Bonchev–Trinajstić information content (AvgIpc) is 3.32. The van der Waals surface area contributed by atoms with Crippen molar-refractivity contribution in [2.75, 3.05) is 20.2 Å². The molecule has 0 radical (unpaired) electrons. The molecule has 2 amide bonds. The number of benzene rings is 2. The second-order valence-corrected chi connectivity index (χ2v) is 11.5. The van der Waals surface area contributed by atoms with Crippen LogP contribution in [0.4, 0.5) is 0 Å². The molecule has 2 heterocycles. The van der Waals surface area contributed by atoms with Crippen molar-refractivity contribution in [3.63, 3.8) is 0 Å². The number of guanidine groups is 1. The van der Waals surface area contributed by atoms with Gasteiger partial charge in [-0.3, -0.25) is 13.9 Å². The van der Waals surface area contributed by atoms with E-state index in [1.54, 1.807) is 98.6 Å². The molecule has 12 nitrogen and oxygen atoms in total. The van der Waals surface area contributed by atoms with E-state index in [1.807, 2.05) is 0 Å². The molecule has 2 aromatic carbocycles. The second-order valence-electron chi connectivity index (χ2n) is 10.2. The van der Waals surface area contributed by atoms with Crippen molar-refractivity contribution < 1.29 is 19.4 Å². The van der Waals surface area contributed by atoms with Crippen LogP contribution in [0.3, 0.4) is 0 Å². The van der Waals surface area contributed by atoms with Gasteiger partial charge in [-0.2, -0.15) is 4.41 Å². The number of nitro groups is 1. The van der Waals surface area contributed by atoms with Crippen LogP contribution in [0, 0.1) is 10.1 Å². The molecule has 0 unspecified atom stereocenters. The SMILES string of the molecule is COc1ccc(C(=O)N(N(SN2CCN(Cc3ccc(Cl)nc3)/C2=N/[N+](=O)[O-])C(=O)c2ccccc2)C(C)(C)C)cc1. The molecule has 0 saturated carbocycles. The summed E-state index contributed by atoms with van der Waals surface area (Å²) in [6, 6.07) is 18.5. The van der Waals surface area contributed by atoms with Gasteiger partial charge in [-0.05, 0) is 68.8 Å². The number of hydrogen-bond acceptors (Lipinski definition) is 7. The molecular weight excluding hydrogens is 582 g/mol. The molecule has 220 valence electrons. The summed E-state index contributed by atoms with van der Waals surface area (Å²) in [6.45, 7) is 6.33. The van der Waals surface area contributed by atoms with Gasteiger partial charge >= 0.3 is 0 Å². The third kappa shape index (κ3) is 7.28. The Kier molecular flexibility index (Phi) is 9.53. The van der Waals surface area contributed by atoms with Crippen LogP contribution in [-0.2, 0) is 6.54 Å². The number of hydrazine groups is 1. The number of hydrogen-bond donors (Lipinski definition) is 0. The van der Waals surface area contributed by atoms with E-state index in [1.165, 1.54) is 20.8 Å². The van der Waals surface area contributed by atoms with Crippen molar-refractivity contribution in [3.05, 3.63) is 105 Å². The molecule has 1 aromatic heterocycles. The lowest BCUT2D eigenvalue weighted by atomic mass is 10.1. The summed E-state index contributed by atoms with van der Waals surface area (Å²) in [4.78, 5) is 45.5. The summed E-state index contributed by atoms with van der Waals surface area (Å²) in [6.07, 6.45) is 1.59. The van der Waals surface area contributed by atoms with Gasteiger partial charge in [-0.25, -0.2) is 20.1 Å². The first-order valence-corrected chi connectivity index (χ1v) is 14.0. The number of carbonyl (C=O) groups is 2. The zero-order valence-corrected chi connectivity index (χ0v) is 25.1. The molecule has 0 spiro atoms. The highest BCUT2D eigenvalue weighted by molar-refractivity contribution is 7.95. The van der Waals surface area contributed by atoms with Gasteiger partial charge in [0.15, 0.2) is 5.03 Å². The number of rotatable bonds is 8. The van der Waals surface area contributed by atoms with Crippen molar-refractivity contribution in [2.24, 2.45) is 5.10 Å². The molecule has 4 rings (SSSR count). The number of amides is 2. The maximum absolute atomic E-state index is 14.0. The lowest BCUT2D eigenvalue weighted by Gasteiger charge is -2.43. The van der Waals surface area contributed by atoms with E-state index in [2.05, 4.69) is 10.1 Å². The highest BCUT2D eigenvalue weighted by Gasteiger charge is 2.41. The first-order valence-electron chi connectivity index (χ1n) is 12.9. The maximum atomic E-state index is 14.0. The summed E-state index contributed by atoms with van der Waals surface area (Å²) in [5.74, 6) is -0.332. The predicted octanol–water partition coefficient (Wildman–Crippen LogP) is 4.97. The predicted molar refractivity (Wildman–Crippen MR) is 160 cm³/mol. The van der Waals surface area contributed by atoms with Crippen molar-refractivity contribution in [3.8, 4) is 5.75 Å². The zero-order valence-electron chi connectivity index (χ0n) is 23.5. The van der Waals surface area contributed by atoms with Gasteiger partial charge in [-0.15, -0.1) is 0 Å². The lowest BCUT2D eigenvalue weighted by molar-refractivity contribution is -0.486. The minimum atomic E-state index is -0.886. The molecular formula is C28H30ClN7O5S. The smallest absolute Gasteiger partial charge is 0.285 e. The molecule has 0 N–H and O–H groups in total. The van der Waals surface area contributed by atoms with Crippen molar-refractivity contribution in [2.45, 2.75) is 32.9 Å². The van der Waals surface area contributed by atoms with E-state index in [4.69, 9.17) is 16.3 Å². The van der Waals surface area contributed by atoms with Crippen LogP contribution in [0.25, 0.3) is 0 Å². The molecule has 1 aliphatic rings. The molecule has 1 fully saturated rings. The third-order valence-corrected chi connectivity index (χ3v) is 7.38. The number of aromatic nitrogens is 1. The fraction of sp³-hybridized carbons (Fsp3) is 0.286. The van der Waals surface area contributed by atoms with Gasteiger partial charge in [-0.1, -0.05) is 35.9 Å². The molecule has 0 atom stereocenters. The number of ether oxygens (including phenoxy) is 1. The van der Waals surface area contributed by atoms with E-state index in [-0.39, 0.29) is 19.0 Å². The van der Waals surface area contributed by atoms with Gasteiger partial charge in [0, 0.05) is 30.4 Å². The van der Waals surface area contributed by atoms with E-state index >= 15 is 0 Å². The largest absolute Gasteiger partial charge is 0.497 e. The molecule has 14 heteroatoms. The van der Waals surface area contributed by atoms with Crippen molar-refractivity contribution in [1.29, 1.82) is 0 Å². The van der Waals surface area contributed by atoms with Crippen molar-refractivity contribution in [1.82, 2.24) is 23.6 Å². The Labute approximate surface area is 252 Å². The minimum absolute atomic E-state index is 0.0246. The van der Waals surface area contributed by atoms with Gasteiger partial charge in [0.05, 0.1) is 31.3 Å². The quantitative estimate of drug-likeness (QED) is 0.150. The number of nitrogens with zero attached hydrogens (tertiary/aromatic N) is 7. The van der Waals surface area contributed by atoms with Crippen LogP contribution in [0.2, 0.25) is 5.15 Å².